The molecule has 0 aromatic carbocycles. The SMILES string of the molecule is CC(=O)OC[C@H]1O[C@](Cl)(C#N)[C@H](OC(C)=O)[C@@H](OC(C)=O)[C@H]1OC(C)=O. The standard InChI is InChI=1S/C15H18ClNO9/c1-7(18)22-5-11-12(23-8(2)19)13(24-9(3)20)14(25-10(4)21)15(16,6-17)26-11/h11-14H,5H2,1-4H3/t11-,12+,13+,14-,15-/m1/s1. The van der Waals surface area contributed by atoms with Gasteiger partial charge in [0.1, 0.15) is 18.8 Å². The molecule has 1 fully saturated rings. The summed E-state index contributed by atoms with van der Waals surface area (Å²) in [6, 6.07) is 1.62. The summed E-state index contributed by atoms with van der Waals surface area (Å²) < 4.78 is 25.4. The Morgan fingerprint density at radius 2 is 1.46 bits per heavy atom. The van der Waals surface area contributed by atoms with Crippen molar-refractivity contribution >= 4 is 35.5 Å². The summed E-state index contributed by atoms with van der Waals surface area (Å²) in [6.45, 7) is 3.88. The first-order chi connectivity index (χ1) is 12.0. The number of esters is 4. The van der Waals surface area contributed by atoms with Crippen LogP contribution in [0.2, 0.25) is 0 Å². The van der Waals surface area contributed by atoms with Gasteiger partial charge in [0.05, 0.1) is 0 Å². The molecule has 5 atom stereocenters. The lowest BCUT2D eigenvalue weighted by atomic mass is 9.94. The maximum Gasteiger partial charge on any atom is 0.303 e. The Kier molecular flexibility index (Phi) is 7.35. The van der Waals surface area contributed by atoms with E-state index in [2.05, 4.69) is 0 Å². The van der Waals surface area contributed by atoms with Crippen LogP contribution in [0.25, 0.3) is 0 Å². The average molecular weight is 392 g/mol. The van der Waals surface area contributed by atoms with Crippen LogP contribution in [0.15, 0.2) is 0 Å². The van der Waals surface area contributed by atoms with Gasteiger partial charge in [-0.1, -0.05) is 11.6 Å². The minimum Gasteiger partial charge on any atom is -0.463 e. The molecule has 1 saturated heterocycles. The third-order valence-corrected chi connectivity index (χ3v) is 3.57. The minimum atomic E-state index is -2.27. The Morgan fingerprint density at radius 3 is 1.88 bits per heavy atom. The molecule has 0 aromatic rings. The summed E-state index contributed by atoms with van der Waals surface area (Å²) in [6.07, 6.45) is -5.67. The number of halogens is 1. The second-order valence-electron chi connectivity index (χ2n) is 5.39. The number of alkyl halides is 1. The monoisotopic (exact) mass is 391 g/mol. The van der Waals surface area contributed by atoms with Gasteiger partial charge in [0.25, 0.3) is 5.06 Å². The van der Waals surface area contributed by atoms with E-state index >= 15 is 0 Å². The van der Waals surface area contributed by atoms with Gasteiger partial charge in [-0.05, 0) is 0 Å². The van der Waals surface area contributed by atoms with Crippen molar-refractivity contribution in [2.75, 3.05) is 6.61 Å². The Labute approximate surface area is 154 Å². The predicted octanol–water partition coefficient (Wildman–Crippen LogP) is 0.202. The zero-order valence-corrected chi connectivity index (χ0v) is 15.3. The predicted molar refractivity (Wildman–Crippen MR) is 82.4 cm³/mol. The van der Waals surface area contributed by atoms with E-state index in [1.165, 1.54) is 0 Å². The van der Waals surface area contributed by atoms with Crippen LogP contribution in [-0.4, -0.2) is 60.0 Å². The molecule has 0 aromatic heterocycles. The lowest BCUT2D eigenvalue weighted by Gasteiger charge is -2.45. The summed E-state index contributed by atoms with van der Waals surface area (Å²) in [5.74, 6) is -3.09. The van der Waals surface area contributed by atoms with Crippen molar-refractivity contribution in [2.45, 2.75) is 57.2 Å². The number of carbonyl (C=O) groups excluding carboxylic acids is 4. The van der Waals surface area contributed by atoms with Crippen molar-refractivity contribution in [3.8, 4) is 6.07 Å². The highest BCUT2D eigenvalue weighted by molar-refractivity contribution is 6.25. The van der Waals surface area contributed by atoms with Crippen LogP contribution in [0, 0.1) is 11.3 Å². The largest absolute Gasteiger partial charge is 0.463 e. The Bertz CT molecular complexity index is 631. The number of hydrogen-bond donors (Lipinski definition) is 0. The third-order valence-electron chi connectivity index (χ3n) is 3.18. The smallest absolute Gasteiger partial charge is 0.303 e. The van der Waals surface area contributed by atoms with Crippen LogP contribution in [-0.2, 0) is 42.9 Å². The van der Waals surface area contributed by atoms with E-state index in [1.54, 1.807) is 6.07 Å². The van der Waals surface area contributed by atoms with Gasteiger partial charge in [-0.25, -0.2) is 0 Å². The van der Waals surface area contributed by atoms with Gasteiger partial charge in [0.2, 0.25) is 0 Å². The van der Waals surface area contributed by atoms with E-state index < -0.39 is 60.0 Å². The molecule has 0 bridgehead atoms. The van der Waals surface area contributed by atoms with Crippen molar-refractivity contribution < 1.29 is 42.9 Å². The lowest BCUT2D eigenvalue weighted by molar-refractivity contribution is -0.252. The van der Waals surface area contributed by atoms with Gasteiger partial charge >= 0.3 is 23.9 Å². The maximum atomic E-state index is 11.5. The van der Waals surface area contributed by atoms with Crippen LogP contribution in [0.4, 0.5) is 0 Å². The van der Waals surface area contributed by atoms with Crippen LogP contribution < -0.4 is 0 Å². The Morgan fingerprint density at radius 1 is 0.962 bits per heavy atom. The van der Waals surface area contributed by atoms with Crippen molar-refractivity contribution in [3.05, 3.63) is 0 Å². The molecule has 0 amide bonds. The van der Waals surface area contributed by atoms with Crippen molar-refractivity contribution in [3.63, 3.8) is 0 Å². The van der Waals surface area contributed by atoms with Crippen LogP contribution >= 0.6 is 11.6 Å². The zero-order valence-electron chi connectivity index (χ0n) is 14.5. The fourth-order valence-electron chi connectivity index (χ4n) is 2.34. The number of nitriles is 1. The maximum absolute atomic E-state index is 11.5. The molecule has 0 spiro atoms. The molecular weight excluding hydrogens is 374 g/mol. The molecule has 0 unspecified atom stereocenters. The normalized spacial score (nSPS) is 30.5. The number of carbonyl (C=O) groups is 4. The summed E-state index contributed by atoms with van der Waals surface area (Å²) in [5.41, 5.74) is 0. The topological polar surface area (TPSA) is 138 Å². The second-order valence-corrected chi connectivity index (χ2v) is 5.96. The zero-order chi connectivity index (χ0) is 20.1. The number of ether oxygens (including phenoxy) is 5. The molecule has 1 aliphatic heterocycles. The molecule has 0 aliphatic carbocycles. The quantitative estimate of drug-likeness (QED) is 0.362. The summed E-state index contributed by atoms with van der Waals surface area (Å²) >= 11 is 6.13. The molecule has 144 valence electrons. The number of rotatable bonds is 5. The van der Waals surface area contributed by atoms with Crippen LogP contribution in [0.3, 0.4) is 0 Å². The van der Waals surface area contributed by atoms with Crippen LogP contribution in [0.5, 0.6) is 0 Å². The van der Waals surface area contributed by atoms with Gasteiger partial charge in [0.15, 0.2) is 18.3 Å². The highest BCUT2D eigenvalue weighted by atomic mass is 35.5. The van der Waals surface area contributed by atoms with Gasteiger partial charge in [-0.15, -0.1) is 0 Å². The van der Waals surface area contributed by atoms with E-state index in [4.69, 9.17) is 35.3 Å². The first kappa shape index (κ1) is 21.7. The average Bonchev–Trinajstić information content (AvgIpc) is 2.50. The Balaban J connectivity index is 3.35. The number of hydrogen-bond acceptors (Lipinski definition) is 10. The number of nitrogens with zero attached hydrogens (tertiary/aromatic N) is 1. The second kappa shape index (κ2) is 8.82. The minimum absolute atomic E-state index is 0.450. The summed E-state index contributed by atoms with van der Waals surface area (Å²) in [4.78, 5) is 45.4. The fraction of sp³-hybridized carbons (Fsp3) is 0.667. The Hall–Kier alpha value is -2.38. The van der Waals surface area contributed by atoms with Crippen molar-refractivity contribution in [2.24, 2.45) is 0 Å². The highest BCUT2D eigenvalue weighted by Crippen LogP contribution is 2.38. The molecule has 10 nitrogen and oxygen atoms in total. The molecule has 1 heterocycles. The molecule has 1 rings (SSSR count). The van der Waals surface area contributed by atoms with Crippen molar-refractivity contribution in [1.82, 2.24) is 0 Å². The van der Waals surface area contributed by atoms with Crippen molar-refractivity contribution in [1.29, 1.82) is 5.26 Å². The first-order valence-electron chi connectivity index (χ1n) is 7.43. The third kappa shape index (κ3) is 5.57. The molecule has 0 radical (unpaired) electrons. The summed E-state index contributed by atoms with van der Waals surface area (Å²) in [7, 11) is 0. The molecule has 11 heteroatoms. The molecule has 0 saturated carbocycles. The molecule has 1 aliphatic rings. The van der Waals surface area contributed by atoms with E-state index in [-0.39, 0.29) is 0 Å². The van der Waals surface area contributed by atoms with Gasteiger partial charge < -0.3 is 23.7 Å². The fourth-order valence-corrected chi connectivity index (χ4v) is 2.63. The summed E-state index contributed by atoms with van der Waals surface area (Å²) in [5, 5.41) is 7.12. The lowest BCUT2D eigenvalue weighted by Crippen LogP contribution is -2.65. The molecule has 0 N–H and O–H groups in total. The highest BCUT2D eigenvalue weighted by Gasteiger charge is 2.60. The van der Waals surface area contributed by atoms with Gasteiger partial charge in [-0.2, -0.15) is 5.26 Å². The van der Waals surface area contributed by atoms with Gasteiger partial charge in [-0.3, -0.25) is 19.2 Å². The van der Waals surface area contributed by atoms with E-state index in [9.17, 15) is 24.4 Å². The van der Waals surface area contributed by atoms with E-state index in [1.807, 2.05) is 0 Å². The van der Waals surface area contributed by atoms with Crippen LogP contribution in [0.1, 0.15) is 27.7 Å². The van der Waals surface area contributed by atoms with E-state index in [0.717, 1.165) is 27.7 Å². The van der Waals surface area contributed by atoms with Gasteiger partial charge in [0, 0.05) is 27.7 Å². The first-order valence-corrected chi connectivity index (χ1v) is 7.81. The molecule has 26 heavy (non-hydrogen) atoms. The van der Waals surface area contributed by atoms with E-state index in [0.29, 0.717) is 0 Å². The molecular formula is C15H18ClNO9.